The van der Waals surface area contributed by atoms with Gasteiger partial charge in [0.2, 0.25) is 0 Å². The third-order valence-corrected chi connectivity index (χ3v) is 2.00. The molecule has 0 aliphatic carbocycles. The molecule has 86 valence electrons. The minimum absolute atomic E-state index is 0.380. The Balaban J connectivity index is 2.37. The third kappa shape index (κ3) is 4.64. The van der Waals surface area contributed by atoms with Crippen LogP contribution in [0.1, 0.15) is 25.3 Å². The van der Waals surface area contributed by atoms with Gasteiger partial charge in [-0.05, 0) is 31.0 Å². The van der Waals surface area contributed by atoms with Crippen molar-refractivity contribution < 1.29 is 9.63 Å². The SMILES string of the molecule is CCC/C=C/C(=O)ONc1cccc(C)c1. The van der Waals surface area contributed by atoms with E-state index in [0.29, 0.717) is 0 Å². The highest BCUT2D eigenvalue weighted by Gasteiger charge is 1.97. The van der Waals surface area contributed by atoms with Crippen LogP contribution in [0.3, 0.4) is 0 Å². The highest BCUT2D eigenvalue weighted by Crippen LogP contribution is 2.09. The van der Waals surface area contributed by atoms with Crippen molar-refractivity contribution in [3.8, 4) is 0 Å². The van der Waals surface area contributed by atoms with Gasteiger partial charge in [0, 0.05) is 6.08 Å². The molecule has 0 aromatic heterocycles. The van der Waals surface area contributed by atoms with E-state index in [0.717, 1.165) is 24.1 Å². The summed E-state index contributed by atoms with van der Waals surface area (Å²) in [4.78, 5) is 16.1. The van der Waals surface area contributed by atoms with E-state index in [-0.39, 0.29) is 5.97 Å². The van der Waals surface area contributed by atoms with Crippen LogP contribution in [0.2, 0.25) is 0 Å². The normalized spacial score (nSPS) is 10.4. The Morgan fingerprint density at radius 2 is 2.31 bits per heavy atom. The highest BCUT2D eigenvalue weighted by atomic mass is 16.7. The number of rotatable bonds is 5. The fourth-order valence-electron chi connectivity index (χ4n) is 1.20. The second-order valence-electron chi connectivity index (χ2n) is 3.58. The largest absolute Gasteiger partial charge is 0.355 e. The number of aryl methyl sites for hydroxylation is 1. The molecular formula is C13H17NO2. The minimum Gasteiger partial charge on any atom is -0.339 e. The Labute approximate surface area is 96.1 Å². The lowest BCUT2D eigenvalue weighted by Gasteiger charge is -2.05. The molecule has 1 rings (SSSR count). The van der Waals surface area contributed by atoms with Gasteiger partial charge in [0.05, 0.1) is 5.69 Å². The van der Waals surface area contributed by atoms with Crippen LogP contribution in [0.4, 0.5) is 5.69 Å². The van der Waals surface area contributed by atoms with Gasteiger partial charge in [0.1, 0.15) is 0 Å². The van der Waals surface area contributed by atoms with Crippen LogP contribution >= 0.6 is 0 Å². The number of nitrogens with one attached hydrogen (secondary N) is 1. The number of allylic oxidation sites excluding steroid dienone is 1. The lowest BCUT2D eigenvalue weighted by Crippen LogP contribution is -2.07. The van der Waals surface area contributed by atoms with Crippen molar-refractivity contribution in [3.63, 3.8) is 0 Å². The van der Waals surface area contributed by atoms with Crippen LogP contribution in [0.15, 0.2) is 36.4 Å². The summed E-state index contributed by atoms with van der Waals surface area (Å²) >= 11 is 0. The Bertz CT molecular complexity index is 372. The summed E-state index contributed by atoms with van der Waals surface area (Å²) < 4.78 is 0. The maximum Gasteiger partial charge on any atom is 0.355 e. The number of unbranched alkanes of at least 4 members (excludes halogenated alkanes) is 1. The molecule has 0 saturated carbocycles. The summed E-state index contributed by atoms with van der Waals surface area (Å²) in [5, 5.41) is 0. The van der Waals surface area contributed by atoms with Crippen molar-refractivity contribution in [1.82, 2.24) is 0 Å². The summed E-state index contributed by atoms with van der Waals surface area (Å²) in [6.07, 6.45) is 5.15. The first kappa shape index (κ1) is 12.3. The highest BCUT2D eigenvalue weighted by molar-refractivity contribution is 5.82. The lowest BCUT2D eigenvalue weighted by molar-refractivity contribution is -0.134. The van der Waals surface area contributed by atoms with Gasteiger partial charge in [-0.2, -0.15) is 0 Å². The van der Waals surface area contributed by atoms with Crippen LogP contribution < -0.4 is 5.48 Å². The summed E-state index contributed by atoms with van der Waals surface area (Å²) in [5.41, 5.74) is 4.50. The Kier molecular flexibility index (Phi) is 5.12. The maximum atomic E-state index is 11.2. The summed E-state index contributed by atoms with van der Waals surface area (Å²) in [5.74, 6) is -0.380. The zero-order chi connectivity index (χ0) is 11.8. The van der Waals surface area contributed by atoms with Crippen LogP contribution in [0, 0.1) is 6.92 Å². The molecule has 0 heterocycles. The van der Waals surface area contributed by atoms with E-state index in [1.807, 2.05) is 31.2 Å². The van der Waals surface area contributed by atoms with Crippen molar-refractivity contribution in [3.05, 3.63) is 42.0 Å². The molecule has 0 aliphatic heterocycles. The van der Waals surface area contributed by atoms with Crippen molar-refractivity contribution in [2.45, 2.75) is 26.7 Å². The maximum absolute atomic E-state index is 11.2. The van der Waals surface area contributed by atoms with E-state index in [9.17, 15) is 4.79 Å². The van der Waals surface area contributed by atoms with Crippen LogP contribution in [-0.4, -0.2) is 5.97 Å². The van der Waals surface area contributed by atoms with Gasteiger partial charge in [-0.25, -0.2) is 10.3 Å². The zero-order valence-corrected chi connectivity index (χ0v) is 9.69. The van der Waals surface area contributed by atoms with Gasteiger partial charge in [-0.1, -0.05) is 31.6 Å². The topological polar surface area (TPSA) is 38.3 Å². The molecule has 0 bridgehead atoms. The predicted molar refractivity (Wildman–Crippen MR) is 64.9 cm³/mol. The number of benzene rings is 1. The van der Waals surface area contributed by atoms with E-state index in [2.05, 4.69) is 12.4 Å². The van der Waals surface area contributed by atoms with Gasteiger partial charge < -0.3 is 4.84 Å². The van der Waals surface area contributed by atoms with Crippen LogP contribution in [0.25, 0.3) is 0 Å². The molecule has 0 spiro atoms. The minimum atomic E-state index is -0.380. The van der Waals surface area contributed by atoms with Gasteiger partial charge >= 0.3 is 5.97 Å². The molecule has 1 aromatic carbocycles. The van der Waals surface area contributed by atoms with Gasteiger partial charge in [-0.3, -0.25) is 0 Å². The molecule has 0 amide bonds. The first-order valence-electron chi connectivity index (χ1n) is 5.42. The fraction of sp³-hybridized carbons (Fsp3) is 0.308. The molecule has 16 heavy (non-hydrogen) atoms. The Morgan fingerprint density at radius 3 is 3.00 bits per heavy atom. The monoisotopic (exact) mass is 219 g/mol. The van der Waals surface area contributed by atoms with Crippen molar-refractivity contribution in [2.75, 3.05) is 5.48 Å². The number of carbonyl (C=O) groups excluding carboxylic acids is 1. The second kappa shape index (κ2) is 6.67. The van der Waals surface area contributed by atoms with Crippen LogP contribution in [0.5, 0.6) is 0 Å². The standard InChI is InChI=1S/C13H17NO2/c1-3-4-5-9-13(15)16-14-12-8-6-7-11(2)10-12/h5-10,14H,3-4H2,1-2H3/b9-5+. The first-order valence-corrected chi connectivity index (χ1v) is 5.42. The number of carbonyl (C=O) groups is 1. The third-order valence-electron chi connectivity index (χ3n) is 2.00. The lowest BCUT2D eigenvalue weighted by atomic mass is 10.2. The van der Waals surface area contributed by atoms with Crippen molar-refractivity contribution >= 4 is 11.7 Å². The average Bonchev–Trinajstić information content (AvgIpc) is 2.27. The second-order valence-corrected chi connectivity index (χ2v) is 3.58. The predicted octanol–water partition coefficient (Wildman–Crippen LogP) is 3.22. The van der Waals surface area contributed by atoms with E-state index >= 15 is 0 Å². The van der Waals surface area contributed by atoms with Gasteiger partial charge in [-0.15, -0.1) is 0 Å². The fourth-order valence-corrected chi connectivity index (χ4v) is 1.20. The molecule has 0 aliphatic rings. The smallest absolute Gasteiger partial charge is 0.339 e. The molecule has 0 radical (unpaired) electrons. The Morgan fingerprint density at radius 1 is 1.50 bits per heavy atom. The Hall–Kier alpha value is -1.77. The first-order chi connectivity index (χ1) is 7.72. The summed E-state index contributed by atoms with van der Waals surface area (Å²) in [6, 6.07) is 7.63. The number of anilines is 1. The molecule has 3 heteroatoms. The van der Waals surface area contributed by atoms with Crippen molar-refractivity contribution in [1.29, 1.82) is 0 Å². The average molecular weight is 219 g/mol. The summed E-state index contributed by atoms with van der Waals surface area (Å²) in [6.45, 7) is 4.04. The number of hydrogen-bond donors (Lipinski definition) is 1. The van der Waals surface area contributed by atoms with Gasteiger partial charge in [0.15, 0.2) is 0 Å². The zero-order valence-electron chi connectivity index (χ0n) is 9.69. The quantitative estimate of drug-likeness (QED) is 0.610. The molecule has 1 N–H and O–H groups in total. The molecule has 0 fully saturated rings. The van der Waals surface area contributed by atoms with E-state index in [4.69, 9.17) is 4.84 Å². The van der Waals surface area contributed by atoms with Crippen LogP contribution in [-0.2, 0) is 9.63 Å². The molecule has 0 unspecified atom stereocenters. The van der Waals surface area contributed by atoms with E-state index in [1.54, 1.807) is 6.08 Å². The molecule has 3 nitrogen and oxygen atoms in total. The van der Waals surface area contributed by atoms with Crippen molar-refractivity contribution in [2.24, 2.45) is 0 Å². The van der Waals surface area contributed by atoms with Gasteiger partial charge in [0.25, 0.3) is 0 Å². The number of hydrogen-bond acceptors (Lipinski definition) is 3. The molecule has 0 saturated heterocycles. The van der Waals surface area contributed by atoms with E-state index in [1.165, 1.54) is 6.08 Å². The molecular weight excluding hydrogens is 202 g/mol. The molecule has 0 atom stereocenters. The molecule has 1 aromatic rings. The summed E-state index contributed by atoms with van der Waals surface area (Å²) in [7, 11) is 0. The van der Waals surface area contributed by atoms with E-state index < -0.39 is 0 Å².